The average molecular weight is 225 g/mol. The van der Waals surface area contributed by atoms with Crippen LogP contribution in [0.3, 0.4) is 0 Å². The topological polar surface area (TPSA) is 43.4 Å². The van der Waals surface area contributed by atoms with Gasteiger partial charge < -0.3 is 4.74 Å². The zero-order valence-corrected chi connectivity index (χ0v) is 8.82. The second kappa shape index (κ2) is 5.32. The van der Waals surface area contributed by atoms with Gasteiger partial charge in [0.1, 0.15) is 12.0 Å². The number of hydrogen-bond donors (Lipinski definition) is 0. The molecule has 0 bridgehead atoms. The van der Waals surface area contributed by atoms with Crippen LogP contribution < -0.4 is 4.74 Å². The lowest BCUT2D eigenvalue weighted by Gasteiger charge is -2.03. The van der Waals surface area contributed by atoms with E-state index in [0.29, 0.717) is 22.6 Å². The molecule has 4 heteroatoms. The fraction of sp³-hybridized carbons (Fsp3) is 0.0909. The van der Waals surface area contributed by atoms with Crippen molar-refractivity contribution in [3.05, 3.63) is 35.9 Å². The normalized spacial score (nSPS) is 10.9. The second-order valence-electron chi connectivity index (χ2n) is 2.77. The molecule has 15 heavy (non-hydrogen) atoms. The van der Waals surface area contributed by atoms with E-state index >= 15 is 0 Å². The molecular formula is C11H9ClO3. The van der Waals surface area contributed by atoms with Gasteiger partial charge in [0.2, 0.25) is 0 Å². The molecule has 3 nitrogen and oxygen atoms in total. The van der Waals surface area contributed by atoms with Crippen molar-refractivity contribution in [2.75, 3.05) is 0 Å². The molecule has 1 aromatic carbocycles. The Morgan fingerprint density at radius 1 is 1.47 bits per heavy atom. The van der Waals surface area contributed by atoms with E-state index in [-0.39, 0.29) is 0 Å². The highest BCUT2D eigenvalue weighted by atomic mass is 35.5. The molecule has 0 spiro atoms. The number of carbonyl (C=O) groups excluding carboxylic acids is 2. The lowest BCUT2D eigenvalue weighted by molar-refractivity contribution is -0.131. The van der Waals surface area contributed by atoms with Gasteiger partial charge in [-0.25, -0.2) is 0 Å². The molecule has 0 radical (unpaired) electrons. The van der Waals surface area contributed by atoms with E-state index < -0.39 is 5.97 Å². The average Bonchev–Trinajstić information content (AvgIpc) is 2.17. The van der Waals surface area contributed by atoms with Gasteiger partial charge in [-0.05, 0) is 23.8 Å². The third-order valence-electron chi connectivity index (χ3n) is 1.59. The monoisotopic (exact) mass is 224 g/mol. The Kier molecular flexibility index (Phi) is 4.06. The predicted molar refractivity (Wildman–Crippen MR) is 57.6 cm³/mol. The predicted octanol–water partition coefficient (Wildman–Crippen LogP) is 2.39. The summed E-state index contributed by atoms with van der Waals surface area (Å²) < 4.78 is 4.87. The van der Waals surface area contributed by atoms with E-state index in [9.17, 15) is 9.59 Å². The number of hydrogen-bond acceptors (Lipinski definition) is 3. The summed E-state index contributed by atoms with van der Waals surface area (Å²) in [7, 11) is 0. The number of esters is 1. The van der Waals surface area contributed by atoms with Crippen LogP contribution in [0, 0.1) is 0 Å². The maximum Gasteiger partial charge on any atom is 0.308 e. The van der Waals surface area contributed by atoms with Gasteiger partial charge in [0.05, 0.1) is 5.03 Å². The van der Waals surface area contributed by atoms with Gasteiger partial charge in [-0.15, -0.1) is 0 Å². The van der Waals surface area contributed by atoms with Crippen LogP contribution in [-0.2, 0) is 9.59 Å². The molecule has 0 aliphatic carbocycles. The molecule has 0 saturated carbocycles. The van der Waals surface area contributed by atoms with Gasteiger partial charge in [0.25, 0.3) is 0 Å². The fourth-order valence-corrected chi connectivity index (χ4v) is 1.20. The molecule has 78 valence electrons. The van der Waals surface area contributed by atoms with E-state index in [1.165, 1.54) is 13.0 Å². The molecule has 1 aromatic rings. The van der Waals surface area contributed by atoms with E-state index in [1.807, 2.05) is 0 Å². The summed E-state index contributed by atoms with van der Waals surface area (Å²) in [5, 5.41) is 0.305. The number of rotatable bonds is 3. The van der Waals surface area contributed by atoms with Crippen molar-refractivity contribution in [3.8, 4) is 5.75 Å². The summed E-state index contributed by atoms with van der Waals surface area (Å²) in [5.41, 5.74) is 0.627. The van der Waals surface area contributed by atoms with Crippen molar-refractivity contribution in [1.82, 2.24) is 0 Å². The van der Waals surface area contributed by atoms with E-state index in [1.54, 1.807) is 24.3 Å². The molecule has 0 atom stereocenters. The molecule has 0 heterocycles. The van der Waals surface area contributed by atoms with Gasteiger partial charge in [0, 0.05) is 6.92 Å². The van der Waals surface area contributed by atoms with Gasteiger partial charge in [-0.1, -0.05) is 23.7 Å². The van der Waals surface area contributed by atoms with E-state index in [0.717, 1.165) is 0 Å². The first kappa shape index (κ1) is 11.5. The van der Waals surface area contributed by atoms with Crippen LogP contribution in [0.15, 0.2) is 30.3 Å². The minimum Gasteiger partial charge on any atom is -0.427 e. The van der Waals surface area contributed by atoms with Gasteiger partial charge in [-0.3, -0.25) is 9.59 Å². The van der Waals surface area contributed by atoms with E-state index in [4.69, 9.17) is 16.3 Å². The molecule has 0 unspecified atom stereocenters. The molecular weight excluding hydrogens is 216 g/mol. The van der Waals surface area contributed by atoms with Crippen LogP contribution in [0.1, 0.15) is 12.5 Å². The first-order valence-corrected chi connectivity index (χ1v) is 4.61. The number of aldehydes is 1. The Hall–Kier alpha value is -1.61. The van der Waals surface area contributed by atoms with Crippen LogP contribution in [0.2, 0.25) is 0 Å². The van der Waals surface area contributed by atoms with Crippen molar-refractivity contribution < 1.29 is 14.3 Å². The van der Waals surface area contributed by atoms with Crippen molar-refractivity contribution in [1.29, 1.82) is 0 Å². The number of ether oxygens (including phenoxy) is 1. The maximum absolute atomic E-state index is 10.7. The molecule has 0 aromatic heterocycles. The summed E-state index contributed by atoms with van der Waals surface area (Å²) in [6.07, 6.45) is 1.83. The second-order valence-corrected chi connectivity index (χ2v) is 3.18. The zero-order chi connectivity index (χ0) is 11.3. The van der Waals surface area contributed by atoms with Crippen LogP contribution >= 0.6 is 11.6 Å². The van der Waals surface area contributed by atoms with Crippen molar-refractivity contribution in [2.45, 2.75) is 6.92 Å². The quantitative estimate of drug-likeness (QED) is 0.343. The highest BCUT2D eigenvalue weighted by Crippen LogP contribution is 2.22. The molecule has 0 aliphatic rings. The van der Waals surface area contributed by atoms with Crippen molar-refractivity contribution in [3.63, 3.8) is 0 Å². The van der Waals surface area contributed by atoms with E-state index in [2.05, 4.69) is 0 Å². The zero-order valence-electron chi connectivity index (χ0n) is 8.07. The number of benzene rings is 1. The van der Waals surface area contributed by atoms with Crippen LogP contribution in [-0.4, -0.2) is 12.3 Å². The highest BCUT2D eigenvalue weighted by Gasteiger charge is 2.02. The minimum atomic E-state index is -0.400. The van der Waals surface area contributed by atoms with Crippen LogP contribution in [0.4, 0.5) is 0 Å². The SMILES string of the molecule is CC(=O)Oc1cccc(/C(Cl)=C/C=O)c1. The third-order valence-corrected chi connectivity index (χ3v) is 1.93. The molecule has 1 rings (SSSR count). The fourth-order valence-electron chi connectivity index (χ4n) is 1.03. The van der Waals surface area contributed by atoms with Crippen LogP contribution in [0.5, 0.6) is 5.75 Å². The Morgan fingerprint density at radius 2 is 2.20 bits per heavy atom. The first-order chi connectivity index (χ1) is 7.13. The molecule has 0 amide bonds. The minimum absolute atomic E-state index is 0.305. The standard InChI is InChI=1S/C11H9ClO3/c1-8(14)15-10-4-2-3-9(7-10)11(12)5-6-13/h2-7H,1H3/b11-5-. The van der Waals surface area contributed by atoms with Gasteiger partial charge in [0.15, 0.2) is 0 Å². The highest BCUT2D eigenvalue weighted by molar-refractivity contribution is 6.49. The first-order valence-electron chi connectivity index (χ1n) is 4.23. The third kappa shape index (κ3) is 3.56. The van der Waals surface area contributed by atoms with Gasteiger partial charge >= 0.3 is 5.97 Å². The molecule has 0 aliphatic heterocycles. The Labute approximate surface area is 92.3 Å². The smallest absolute Gasteiger partial charge is 0.308 e. The van der Waals surface area contributed by atoms with Crippen molar-refractivity contribution >= 4 is 28.9 Å². The lowest BCUT2D eigenvalue weighted by atomic mass is 10.2. The number of allylic oxidation sites excluding steroid dienone is 1. The molecule has 0 saturated heterocycles. The summed E-state index contributed by atoms with van der Waals surface area (Å²) in [6.45, 7) is 1.32. The Balaban J connectivity index is 2.96. The Morgan fingerprint density at radius 3 is 2.80 bits per heavy atom. The molecule has 0 fully saturated rings. The summed E-state index contributed by atoms with van der Waals surface area (Å²) in [5.74, 6) is 0.0000818. The Bertz CT molecular complexity index is 410. The maximum atomic E-state index is 10.7. The largest absolute Gasteiger partial charge is 0.427 e. The van der Waals surface area contributed by atoms with Gasteiger partial charge in [-0.2, -0.15) is 0 Å². The number of carbonyl (C=O) groups is 2. The van der Waals surface area contributed by atoms with Crippen LogP contribution in [0.25, 0.3) is 5.03 Å². The summed E-state index contributed by atoms with van der Waals surface area (Å²) in [6, 6.07) is 6.63. The summed E-state index contributed by atoms with van der Waals surface area (Å²) >= 11 is 5.80. The number of halogens is 1. The molecule has 0 N–H and O–H groups in total. The van der Waals surface area contributed by atoms with Crippen molar-refractivity contribution in [2.24, 2.45) is 0 Å². The lowest BCUT2D eigenvalue weighted by Crippen LogP contribution is -2.01. The summed E-state index contributed by atoms with van der Waals surface area (Å²) in [4.78, 5) is 20.9.